The van der Waals surface area contributed by atoms with Gasteiger partial charge in [0.2, 0.25) is 23.6 Å². The molecule has 0 aromatic rings. The zero-order valence-electron chi connectivity index (χ0n) is 59.6. The van der Waals surface area contributed by atoms with Crippen molar-refractivity contribution in [2.75, 3.05) is 49.2 Å². The SMILES string of the molecule is C.C.CC.CC.CC.CC.CC.CCC.CCC(N)C(=O)OC.CCC(NC(=O)OC(C)(C)C)C(=O)O.CCC(NC(=O)OC(C)(C)C)C(=O)OC.CCC1N=C(OC)[C@@H](C(C)C)N=C1OC.COC1=N[C@H](C(C)C)C(OC)=NC1.[I][V][I].[Y].[Y].[Y].[Y].[Y]. The van der Waals surface area contributed by atoms with Crippen LogP contribution in [0.15, 0.2) is 20.0 Å². The number of hydrogen-bond donors (Lipinski definition) is 4. The monoisotopic (exact) mass is 1910 g/mol. The Morgan fingerprint density at radius 2 is 0.875 bits per heavy atom. The molecule has 2 aliphatic rings. The largest absolute Gasteiger partial charge is 0 e. The number of nitrogens with one attached hydrogen (secondary N) is 2. The van der Waals surface area contributed by atoms with Crippen LogP contribution in [0.2, 0.25) is 0 Å². The minimum absolute atomic E-state index is 0. The van der Waals surface area contributed by atoms with Gasteiger partial charge in [0.15, 0.2) is 0 Å². The van der Waals surface area contributed by atoms with Crippen LogP contribution in [0.25, 0.3) is 0 Å². The topological polar surface area (TPSA) is 279 Å². The standard InChI is InChI=1S/C11H20N2O2.C10H19NO4.C9H16N2O2.C9H17NO4.C5H11NO2.C3H8.5C2H6.2CH4.2HI.V.5Y/c1-6-8-10(14-4)13-9(7(2)3)11(12-8)15-5;1-6-7(8(12)14-5)11-9(13)15-10(2,3)4;1-6(2)8-9(13-4)10-5-7(11-8)12-3;1-5-6(7(11)12)10-8(13)14-9(2,3)4;1-3-4(6)5(7)8-2;1-3-2;5*1-2;;;;;;;;;;/h7-9H,6H2,1-5H3;7H,6H2,1-5H3,(H,11,13);6,8H,5H2,1-4H3;6H,5H2,1-4H3,(H,10,13)(H,11,12);4H,3,6H2,1-2H3;3H2,1-2H3;5*1-2H3;2*1H4;2*1H;;;;;;/q;;;;;;;;;;;;;;;+2;;;;;/p-2/t8?,9-;;8-;;;;;;;;;;;;;;;;;;/m1.1................../s1. The van der Waals surface area contributed by atoms with Crippen LogP contribution in [0.3, 0.4) is 0 Å². The number of aliphatic imine (C=N–C) groups is 4. The molecule has 0 bridgehead atoms. The molecule has 2 heterocycles. The zero-order chi connectivity index (χ0) is 66.7. The summed E-state index contributed by atoms with van der Waals surface area (Å²) in [7, 11) is 9.77. The van der Waals surface area contributed by atoms with E-state index in [0.29, 0.717) is 58.9 Å². The second kappa shape index (κ2) is 93.5. The van der Waals surface area contributed by atoms with Gasteiger partial charge in [-0.2, -0.15) is 0 Å². The van der Waals surface area contributed by atoms with Crippen molar-refractivity contribution in [3.8, 4) is 0 Å². The summed E-state index contributed by atoms with van der Waals surface area (Å²) in [6, 6.07) is -1.96. The molecule has 0 saturated heterocycles. The van der Waals surface area contributed by atoms with E-state index in [1.54, 1.807) is 83.8 Å². The fourth-order valence-electron chi connectivity index (χ4n) is 4.88. The number of halogens is 2. The van der Waals surface area contributed by atoms with Gasteiger partial charge in [0.1, 0.15) is 54.0 Å². The molecule has 2 amide bonds. The van der Waals surface area contributed by atoms with Gasteiger partial charge in [-0.05, 0) is 79.1 Å². The molecule has 2 aliphatic heterocycles. The Hall–Kier alpha value is 2.35. The van der Waals surface area contributed by atoms with Gasteiger partial charge in [-0.25, -0.2) is 39.1 Å². The number of carboxylic acid groups (broad SMARTS) is 1. The number of carbonyl (C=O) groups is 5. The quantitative estimate of drug-likeness (QED) is 0.0850. The van der Waals surface area contributed by atoms with Crippen LogP contribution in [-0.2, 0) is 225 Å². The Bertz CT molecular complexity index is 1640. The first kappa shape index (κ1) is 134. The maximum Gasteiger partial charge on any atom is 0 e. The van der Waals surface area contributed by atoms with Crippen molar-refractivity contribution < 1.29 is 240 Å². The smallest absolute Gasteiger partial charge is 0 e. The van der Waals surface area contributed by atoms with E-state index in [9.17, 15) is 24.0 Å². The average molecular weight is 1910 g/mol. The van der Waals surface area contributed by atoms with Crippen molar-refractivity contribution in [2.24, 2.45) is 37.5 Å². The molecule has 0 fully saturated rings. The van der Waals surface area contributed by atoms with Crippen LogP contribution in [0.1, 0.15) is 227 Å². The molecule has 5 N–H and O–H groups in total. The molecule has 21 nitrogen and oxygen atoms in total. The van der Waals surface area contributed by atoms with Crippen molar-refractivity contribution in [3.05, 3.63) is 0 Å². The normalized spacial score (nSPS) is 13.9. The summed E-state index contributed by atoms with van der Waals surface area (Å²) in [6.07, 6.45) is 2.24. The third-order valence-electron chi connectivity index (χ3n) is 8.43. The summed E-state index contributed by atoms with van der Waals surface area (Å²) in [5.74, 6) is 1.70. The van der Waals surface area contributed by atoms with Gasteiger partial charge in [0, 0.05) is 164 Å². The van der Waals surface area contributed by atoms with Crippen LogP contribution in [0.5, 0.6) is 0 Å². The molecule has 29 heteroatoms. The second-order valence-electron chi connectivity index (χ2n) is 17.6. The summed E-state index contributed by atoms with van der Waals surface area (Å²) in [4.78, 5) is 72.2. The van der Waals surface area contributed by atoms with Gasteiger partial charge in [-0.15, -0.1) is 0 Å². The van der Waals surface area contributed by atoms with Gasteiger partial charge < -0.3 is 59.4 Å². The number of methoxy groups -OCH3 is 6. The van der Waals surface area contributed by atoms with Crippen molar-refractivity contribution >= 4 is 93.6 Å². The minimum Gasteiger partial charge on any atom is 0 e. The Balaban J connectivity index is -0.0000000444. The molecule has 0 aromatic heterocycles. The van der Waals surface area contributed by atoms with Crippen LogP contribution in [0.4, 0.5) is 9.59 Å². The van der Waals surface area contributed by atoms with E-state index in [0.717, 1.165) is 18.2 Å². The van der Waals surface area contributed by atoms with E-state index in [1.807, 2.05) is 76.2 Å². The fraction of sp³-hybridized carbons (Fsp3) is 0.847. The third-order valence-corrected chi connectivity index (χ3v) is 8.43. The first-order valence-electron chi connectivity index (χ1n) is 28.4. The van der Waals surface area contributed by atoms with E-state index < -0.39 is 53.5 Å². The molecule has 0 aromatic carbocycles. The van der Waals surface area contributed by atoms with Crippen molar-refractivity contribution in [2.45, 2.75) is 274 Å². The van der Waals surface area contributed by atoms with Crippen LogP contribution < -0.4 is 16.4 Å². The first-order valence-corrected chi connectivity index (χ1v) is 37.4. The molecule has 0 saturated carbocycles. The number of esters is 2. The molecule has 2 rings (SSSR count). The zero-order valence-corrected chi connectivity index (χ0v) is 79.5. The number of hydrogen-bond acceptors (Lipinski definition) is 18. The van der Waals surface area contributed by atoms with Gasteiger partial charge in [0.05, 0.1) is 42.7 Å². The summed E-state index contributed by atoms with van der Waals surface area (Å²) < 4.78 is 39.5. The maximum absolute atomic E-state index is 11.3. The number of carbonyl (C=O) groups excluding carboxylic acids is 4. The molecule has 0 aliphatic carbocycles. The number of rotatable bonds is 11. The molecule has 6 atom stereocenters. The van der Waals surface area contributed by atoms with E-state index in [2.05, 4.69) is 129 Å². The van der Waals surface area contributed by atoms with Crippen molar-refractivity contribution in [1.82, 2.24) is 10.6 Å². The number of amides is 2. The summed E-state index contributed by atoms with van der Waals surface area (Å²) in [5.41, 5.74) is 4.07. The van der Waals surface area contributed by atoms with E-state index in [-0.39, 0.29) is 202 Å². The van der Waals surface area contributed by atoms with Gasteiger partial charge >= 0.3 is 79.5 Å². The Morgan fingerprint density at radius 1 is 0.557 bits per heavy atom. The van der Waals surface area contributed by atoms with E-state index >= 15 is 0 Å². The molecule has 5 radical (unpaired) electrons. The molecule has 4 unspecified atom stereocenters. The molecule has 518 valence electrons. The Labute approximate surface area is 695 Å². The van der Waals surface area contributed by atoms with Crippen molar-refractivity contribution in [1.29, 1.82) is 0 Å². The summed E-state index contributed by atoms with van der Waals surface area (Å²) in [5, 5.41) is 13.4. The Morgan fingerprint density at radius 3 is 1.10 bits per heavy atom. The van der Waals surface area contributed by atoms with Crippen LogP contribution >= 0.6 is 40.0 Å². The Kier molecular flexibility index (Phi) is 143. The number of nitrogens with zero attached hydrogens (tertiary/aromatic N) is 4. The molecular weight excluding hydrogens is 1780 g/mol. The fourth-order valence-corrected chi connectivity index (χ4v) is 4.88. The summed E-state index contributed by atoms with van der Waals surface area (Å²) in [6.45, 7) is 50.9. The number of aliphatic carboxylic acids is 1. The molecule has 88 heavy (non-hydrogen) atoms. The van der Waals surface area contributed by atoms with E-state index in [4.69, 9.17) is 39.3 Å². The first-order chi connectivity index (χ1) is 37.9. The number of alkyl carbamates (subject to hydrolysis) is 2. The van der Waals surface area contributed by atoms with Crippen molar-refractivity contribution in [3.63, 3.8) is 0 Å². The third kappa shape index (κ3) is 84.4. The predicted octanol–water partition coefficient (Wildman–Crippen LogP) is 15.3. The van der Waals surface area contributed by atoms with Gasteiger partial charge in [-0.3, -0.25) is 4.79 Å². The predicted molar refractivity (Wildman–Crippen MR) is 365 cm³/mol. The average Bonchev–Trinajstić information content (AvgIpc) is 3.45. The van der Waals surface area contributed by atoms with Gasteiger partial charge in [-0.1, -0.05) is 160 Å². The minimum atomic E-state index is -1.06. The van der Waals surface area contributed by atoms with Crippen LogP contribution in [-0.4, -0.2) is 155 Å². The summed E-state index contributed by atoms with van der Waals surface area (Å²) >= 11 is 4.74. The number of carboxylic acids is 1. The molecule has 0 spiro atoms. The maximum atomic E-state index is 11.3. The van der Waals surface area contributed by atoms with E-state index in [1.165, 1.54) is 20.6 Å². The van der Waals surface area contributed by atoms with Gasteiger partial charge in [0.25, 0.3) is 0 Å². The number of nitrogens with two attached hydrogens (primary N) is 1. The molecular formula is C59H129I2N7O14VY5. The number of ether oxygens (including phenoxy) is 8. The van der Waals surface area contributed by atoms with Crippen LogP contribution in [0, 0.1) is 11.8 Å². The second-order valence-corrected chi connectivity index (χ2v) is 29.4.